The molecule has 0 amide bonds. The molecule has 0 radical (unpaired) electrons. The van der Waals surface area contributed by atoms with Crippen molar-refractivity contribution in [3.8, 4) is 0 Å². The minimum atomic E-state index is -4.23. The minimum absolute atomic E-state index is 0.221. The Morgan fingerprint density at radius 1 is 1.13 bits per heavy atom. The van der Waals surface area contributed by atoms with Crippen LogP contribution in [-0.2, 0) is 10.7 Å². The molecule has 0 unspecified atom stereocenters. The number of aromatic carboxylic acids is 1. The molecule has 0 aromatic heterocycles. The second-order valence-corrected chi connectivity index (χ2v) is 2.73. The predicted octanol–water partition coefficient (Wildman–Crippen LogP) is 1.97. The summed E-state index contributed by atoms with van der Waals surface area (Å²) in [7, 11) is 0. The van der Waals surface area contributed by atoms with Crippen molar-refractivity contribution >= 4 is 12.0 Å². The molecule has 0 bridgehead atoms. The first kappa shape index (κ1) is 11.2. The molecule has 0 saturated heterocycles. The maximum Gasteiger partial charge on any atom is 0.375 e. The molecule has 0 fully saturated rings. The zero-order chi connectivity index (χ0) is 11.6. The summed E-state index contributed by atoms with van der Waals surface area (Å²) in [5.74, 6) is -5.52. The first-order valence-corrected chi connectivity index (χ1v) is 3.77. The highest BCUT2D eigenvalue weighted by Crippen LogP contribution is 2.29. The standard InChI is InChI=1S/C9H5F3O3/c10-8(15)9(11,12)6-3-1-5(2-4-6)7(13)14/h1-4H,(H,13,14). The van der Waals surface area contributed by atoms with Gasteiger partial charge in [0.25, 0.3) is 0 Å². The molecular formula is C9H5F3O3. The van der Waals surface area contributed by atoms with Crippen LogP contribution in [0.3, 0.4) is 0 Å². The van der Waals surface area contributed by atoms with Crippen LogP contribution in [0.15, 0.2) is 24.3 Å². The van der Waals surface area contributed by atoms with Gasteiger partial charge in [-0.2, -0.15) is 13.2 Å². The van der Waals surface area contributed by atoms with Crippen molar-refractivity contribution in [2.24, 2.45) is 0 Å². The number of rotatable bonds is 3. The Bertz CT molecular complexity index is 398. The van der Waals surface area contributed by atoms with Gasteiger partial charge in [0.2, 0.25) is 0 Å². The fourth-order valence-electron chi connectivity index (χ4n) is 0.936. The van der Waals surface area contributed by atoms with E-state index < -0.39 is 23.5 Å². The van der Waals surface area contributed by atoms with Crippen molar-refractivity contribution in [2.75, 3.05) is 0 Å². The lowest BCUT2D eigenvalue weighted by atomic mass is 10.1. The highest BCUT2D eigenvalue weighted by molar-refractivity contribution is 5.88. The Labute approximate surface area is 82.1 Å². The smallest absolute Gasteiger partial charge is 0.375 e. The lowest BCUT2D eigenvalue weighted by Gasteiger charge is -2.10. The third kappa shape index (κ3) is 2.15. The van der Waals surface area contributed by atoms with Crippen LogP contribution in [0, 0.1) is 0 Å². The van der Waals surface area contributed by atoms with Crippen molar-refractivity contribution in [1.82, 2.24) is 0 Å². The molecule has 1 N–H and O–H groups in total. The number of halogens is 3. The van der Waals surface area contributed by atoms with Gasteiger partial charge in [0.1, 0.15) is 0 Å². The van der Waals surface area contributed by atoms with E-state index in [2.05, 4.69) is 0 Å². The van der Waals surface area contributed by atoms with Crippen molar-refractivity contribution in [3.63, 3.8) is 0 Å². The molecule has 1 rings (SSSR count). The molecule has 1 aromatic rings. The fraction of sp³-hybridized carbons (Fsp3) is 0.111. The lowest BCUT2D eigenvalue weighted by molar-refractivity contribution is -0.157. The van der Waals surface area contributed by atoms with Crippen LogP contribution in [0.5, 0.6) is 0 Å². The monoisotopic (exact) mass is 218 g/mol. The molecule has 0 aliphatic carbocycles. The van der Waals surface area contributed by atoms with Gasteiger partial charge >= 0.3 is 17.9 Å². The Morgan fingerprint density at radius 3 is 1.93 bits per heavy atom. The lowest BCUT2D eigenvalue weighted by Crippen LogP contribution is -2.22. The van der Waals surface area contributed by atoms with Gasteiger partial charge in [-0.1, -0.05) is 12.1 Å². The van der Waals surface area contributed by atoms with Crippen LogP contribution in [0.4, 0.5) is 13.2 Å². The van der Waals surface area contributed by atoms with Gasteiger partial charge in [-0.15, -0.1) is 0 Å². The summed E-state index contributed by atoms with van der Waals surface area (Å²) in [4.78, 5) is 20.3. The van der Waals surface area contributed by atoms with E-state index in [4.69, 9.17) is 5.11 Å². The summed E-state index contributed by atoms with van der Waals surface area (Å²) < 4.78 is 37.4. The van der Waals surface area contributed by atoms with Crippen LogP contribution in [0.1, 0.15) is 15.9 Å². The number of carbonyl (C=O) groups is 2. The van der Waals surface area contributed by atoms with Crippen molar-refractivity contribution in [1.29, 1.82) is 0 Å². The molecule has 3 nitrogen and oxygen atoms in total. The van der Waals surface area contributed by atoms with Gasteiger partial charge in [-0.3, -0.25) is 4.79 Å². The van der Waals surface area contributed by atoms with E-state index >= 15 is 0 Å². The van der Waals surface area contributed by atoms with Crippen LogP contribution in [0.2, 0.25) is 0 Å². The topological polar surface area (TPSA) is 54.4 Å². The quantitative estimate of drug-likeness (QED) is 0.789. The third-order valence-corrected chi connectivity index (χ3v) is 1.74. The van der Waals surface area contributed by atoms with E-state index in [9.17, 15) is 22.8 Å². The fourth-order valence-corrected chi connectivity index (χ4v) is 0.936. The van der Waals surface area contributed by atoms with E-state index in [0.717, 1.165) is 12.1 Å². The van der Waals surface area contributed by atoms with Crippen molar-refractivity contribution in [3.05, 3.63) is 35.4 Å². The summed E-state index contributed by atoms with van der Waals surface area (Å²) in [6, 6.07) is 0.357. The van der Waals surface area contributed by atoms with Crippen molar-refractivity contribution < 1.29 is 27.9 Å². The molecule has 0 atom stereocenters. The van der Waals surface area contributed by atoms with Crippen LogP contribution >= 0.6 is 0 Å². The number of hydrogen-bond acceptors (Lipinski definition) is 2. The second kappa shape index (κ2) is 3.72. The molecule has 0 spiro atoms. The summed E-state index contributed by atoms with van der Waals surface area (Å²) in [5.41, 5.74) is -1.10. The molecular weight excluding hydrogens is 213 g/mol. The molecule has 1 aromatic carbocycles. The first-order valence-electron chi connectivity index (χ1n) is 3.77. The van der Waals surface area contributed by atoms with Gasteiger partial charge in [-0.25, -0.2) is 4.79 Å². The number of hydrogen-bond donors (Lipinski definition) is 1. The van der Waals surface area contributed by atoms with Crippen molar-refractivity contribution in [2.45, 2.75) is 5.92 Å². The molecule has 80 valence electrons. The summed E-state index contributed by atoms with van der Waals surface area (Å²) in [6.07, 6.45) is 0. The average molecular weight is 218 g/mol. The summed E-state index contributed by atoms with van der Waals surface area (Å²) >= 11 is 0. The van der Waals surface area contributed by atoms with E-state index in [1.807, 2.05) is 0 Å². The van der Waals surface area contributed by atoms with E-state index in [1.165, 1.54) is 0 Å². The number of carbonyl (C=O) groups excluding carboxylic acids is 1. The molecule has 0 saturated carbocycles. The zero-order valence-electron chi connectivity index (χ0n) is 7.21. The summed E-state index contributed by atoms with van der Waals surface area (Å²) in [5, 5.41) is 8.46. The zero-order valence-corrected chi connectivity index (χ0v) is 7.21. The minimum Gasteiger partial charge on any atom is -0.478 e. The van der Waals surface area contributed by atoms with E-state index in [1.54, 1.807) is 0 Å². The molecule has 0 heterocycles. The van der Waals surface area contributed by atoms with Gasteiger partial charge in [0.15, 0.2) is 0 Å². The number of alkyl halides is 2. The van der Waals surface area contributed by atoms with Gasteiger partial charge in [-0.05, 0) is 12.1 Å². The molecule has 0 aliphatic rings. The van der Waals surface area contributed by atoms with Crippen LogP contribution < -0.4 is 0 Å². The average Bonchev–Trinajstić information content (AvgIpc) is 2.17. The van der Waals surface area contributed by atoms with Crippen LogP contribution in [-0.4, -0.2) is 17.1 Å². The predicted molar refractivity (Wildman–Crippen MR) is 43.4 cm³/mol. The molecule has 15 heavy (non-hydrogen) atoms. The highest BCUT2D eigenvalue weighted by Gasteiger charge is 2.41. The van der Waals surface area contributed by atoms with Gasteiger partial charge < -0.3 is 5.11 Å². The maximum atomic E-state index is 12.7. The van der Waals surface area contributed by atoms with Gasteiger partial charge in [0.05, 0.1) is 5.56 Å². The third-order valence-electron chi connectivity index (χ3n) is 1.74. The Morgan fingerprint density at radius 2 is 1.60 bits per heavy atom. The molecule has 0 aliphatic heterocycles. The number of benzene rings is 1. The number of carboxylic acid groups (broad SMARTS) is 1. The van der Waals surface area contributed by atoms with Crippen LogP contribution in [0.25, 0.3) is 0 Å². The number of carboxylic acids is 1. The van der Waals surface area contributed by atoms with E-state index in [0.29, 0.717) is 12.1 Å². The Hall–Kier alpha value is -1.85. The first-order chi connectivity index (χ1) is 6.85. The molecule has 6 heteroatoms. The normalized spacial score (nSPS) is 11.1. The highest BCUT2D eigenvalue weighted by atomic mass is 19.3. The maximum absolute atomic E-state index is 12.7. The Kier molecular flexibility index (Phi) is 2.78. The largest absolute Gasteiger partial charge is 0.478 e. The second-order valence-electron chi connectivity index (χ2n) is 2.73. The van der Waals surface area contributed by atoms with Gasteiger partial charge in [0, 0.05) is 5.56 Å². The Balaban J connectivity index is 3.09. The SMILES string of the molecule is O=C(O)c1ccc(C(F)(F)C(=O)F)cc1. The summed E-state index contributed by atoms with van der Waals surface area (Å²) in [6.45, 7) is 0. The van der Waals surface area contributed by atoms with E-state index in [-0.39, 0.29) is 5.56 Å².